The fourth-order valence-corrected chi connectivity index (χ4v) is 2.98. The number of benzene rings is 1. The maximum atomic E-state index is 5.55. The smallest absolute Gasteiger partial charge is 0.221 e. The molecule has 0 amide bonds. The van der Waals surface area contributed by atoms with Gasteiger partial charge in [0.1, 0.15) is 0 Å². The lowest BCUT2D eigenvalue weighted by Gasteiger charge is -2.25. The van der Waals surface area contributed by atoms with Gasteiger partial charge in [-0.3, -0.25) is 4.90 Å². The minimum absolute atomic E-state index is 0.661. The Morgan fingerprint density at radius 3 is 2.62 bits per heavy atom. The number of piperidine rings is 1. The number of rotatable bonds is 3. The van der Waals surface area contributed by atoms with E-state index in [9.17, 15) is 0 Å². The minimum Gasteiger partial charge on any atom is -0.284 e. The second kappa shape index (κ2) is 6.07. The fraction of sp³-hybridized carbons (Fsp3) is 0.533. The highest BCUT2D eigenvalue weighted by Gasteiger charge is 2.14. The van der Waals surface area contributed by atoms with Gasteiger partial charge in [0.15, 0.2) is 0 Å². The van der Waals surface area contributed by atoms with Crippen LogP contribution >= 0.6 is 12.2 Å². The molecule has 3 rings (SSSR count). The standard InChI is InChI=1S/C15H21N5S/c1-12-6-7-13(2)14(10-12)20-15(21)19(16-17-20)11-18-8-4-3-5-9-18/h6-7,10H,3-5,8-9,11H2,1-2H3. The lowest BCUT2D eigenvalue weighted by Crippen LogP contribution is -2.32. The highest BCUT2D eigenvalue weighted by molar-refractivity contribution is 7.71. The first-order valence-corrected chi connectivity index (χ1v) is 7.89. The molecule has 1 fully saturated rings. The molecule has 21 heavy (non-hydrogen) atoms. The van der Waals surface area contributed by atoms with Crippen molar-refractivity contribution < 1.29 is 0 Å². The third-order valence-corrected chi connectivity index (χ3v) is 4.40. The monoisotopic (exact) mass is 303 g/mol. The number of tetrazole rings is 1. The van der Waals surface area contributed by atoms with Gasteiger partial charge in [0.2, 0.25) is 4.77 Å². The number of aryl methyl sites for hydroxylation is 2. The summed E-state index contributed by atoms with van der Waals surface area (Å²) in [4.78, 5) is 2.39. The van der Waals surface area contributed by atoms with Crippen LogP contribution in [-0.4, -0.2) is 37.8 Å². The van der Waals surface area contributed by atoms with E-state index in [1.165, 1.54) is 24.8 Å². The van der Waals surface area contributed by atoms with Gasteiger partial charge in [-0.25, -0.2) is 4.68 Å². The zero-order chi connectivity index (χ0) is 14.8. The first kappa shape index (κ1) is 14.4. The maximum Gasteiger partial charge on any atom is 0.221 e. The molecule has 0 unspecified atom stereocenters. The third-order valence-electron chi connectivity index (χ3n) is 4.01. The molecule has 1 aromatic heterocycles. The Kier molecular flexibility index (Phi) is 4.17. The van der Waals surface area contributed by atoms with Crippen LogP contribution < -0.4 is 0 Å². The maximum absolute atomic E-state index is 5.55. The summed E-state index contributed by atoms with van der Waals surface area (Å²) < 4.78 is 4.25. The number of likely N-dealkylation sites (tertiary alicyclic amines) is 1. The van der Waals surface area contributed by atoms with Gasteiger partial charge in [0.25, 0.3) is 0 Å². The Labute approximate surface area is 130 Å². The van der Waals surface area contributed by atoms with Crippen LogP contribution in [0.3, 0.4) is 0 Å². The van der Waals surface area contributed by atoms with Crippen molar-refractivity contribution in [2.45, 2.75) is 39.8 Å². The number of hydrogen-bond acceptors (Lipinski definition) is 4. The second-order valence-electron chi connectivity index (χ2n) is 5.78. The van der Waals surface area contributed by atoms with Crippen LogP contribution in [0, 0.1) is 18.6 Å². The fourth-order valence-electron chi connectivity index (χ4n) is 2.75. The molecule has 6 heteroatoms. The third kappa shape index (κ3) is 3.06. The average molecular weight is 303 g/mol. The molecule has 1 aliphatic rings. The molecule has 0 spiro atoms. The van der Waals surface area contributed by atoms with Crippen molar-refractivity contribution in [3.05, 3.63) is 34.1 Å². The Morgan fingerprint density at radius 2 is 1.86 bits per heavy atom. The molecule has 0 bridgehead atoms. The van der Waals surface area contributed by atoms with Gasteiger partial charge in [-0.05, 0) is 79.6 Å². The van der Waals surface area contributed by atoms with E-state index < -0.39 is 0 Å². The molecule has 2 heterocycles. The van der Waals surface area contributed by atoms with E-state index in [0.29, 0.717) is 4.77 Å². The molecule has 1 saturated heterocycles. The van der Waals surface area contributed by atoms with Crippen molar-refractivity contribution in [1.82, 2.24) is 24.7 Å². The summed E-state index contributed by atoms with van der Waals surface area (Å²) in [5.41, 5.74) is 3.37. The SMILES string of the molecule is Cc1ccc(C)c(-n2nnn(CN3CCCCC3)c2=S)c1. The molecule has 112 valence electrons. The lowest BCUT2D eigenvalue weighted by atomic mass is 10.1. The van der Waals surface area contributed by atoms with Gasteiger partial charge in [-0.15, -0.1) is 0 Å². The second-order valence-corrected chi connectivity index (χ2v) is 6.15. The van der Waals surface area contributed by atoms with Crippen molar-refractivity contribution in [3.8, 4) is 5.69 Å². The molecular weight excluding hydrogens is 282 g/mol. The molecular formula is C15H21N5S. The highest BCUT2D eigenvalue weighted by atomic mass is 32.1. The average Bonchev–Trinajstić information content (AvgIpc) is 2.84. The molecule has 0 saturated carbocycles. The first-order valence-electron chi connectivity index (χ1n) is 7.48. The van der Waals surface area contributed by atoms with E-state index in [1.54, 1.807) is 4.68 Å². The van der Waals surface area contributed by atoms with Gasteiger partial charge in [0.05, 0.1) is 12.4 Å². The summed E-state index contributed by atoms with van der Waals surface area (Å²) in [7, 11) is 0. The summed E-state index contributed by atoms with van der Waals surface area (Å²) in [5.74, 6) is 0. The number of nitrogens with zero attached hydrogens (tertiary/aromatic N) is 5. The van der Waals surface area contributed by atoms with E-state index >= 15 is 0 Å². The molecule has 5 nitrogen and oxygen atoms in total. The van der Waals surface area contributed by atoms with Crippen LogP contribution in [0.1, 0.15) is 30.4 Å². The predicted molar refractivity (Wildman–Crippen MR) is 85.1 cm³/mol. The van der Waals surface area contributed by atoms with Crippen molar-refractivity contribution in [2.75, 3.05) is 13.1 Å². The van der Waals surface area contributed by atoms with Gasteiger partial charge < -0.3 is 0 Å². The van der Waals surface area contributed by atoms with Crippen molar-refractivity contribution in [2.24, 2.45) is 0 Å². The summed E-state index contributed by atoms with van der Waals surface area (Å²) in [6.45, 7) is 7.13. The molecule has 1 aromatic carbocycles. The van der Waals surface area contributed by atoms with Crippen molar-refractivity contribution >= 4 is 12.2 Å². The lowest BCUT2D eigenvalue weighted by molar-refractivity contribution is 0.171. The normalized spacial score (nSPS) is 16.3. The van der Waals surface area contributed by atoms with Crippen LogP contribution in [0.2, 0.25) is 0 Å². The van der Waals surface area contributed by atoms with Crippen molar-refractivity contribution in [3.63, 3.8) is 0 Å². The molecule has 0 aliphatic carbocycles. The molecule has 0 atom stereocenters. The summed E-state index contributed by atoms with van der Waals surface area (Å²) >= 11 is 5.55. The van der Waals surface area contributed by atoms with Gasteiger partial charge in [-0.2, -0.15) is 4.68 Å². The highest BCUT2D eigenvalue weighted by Crippen LogP contribution is 2.16. The van der Waals surface area contributed by atoms with E-state index in [2.05, 4.69) is 47.4 Å². The van der Waals surface area contributed by atoms with Gasteiger partial charge in [0, 0.05) is 0 Å². The van der Waals surface area contributed by atoms with E-state index in [1.807, 2.05) is 4.68 Å². The molecule has 0 radical (unpaired) electrons. The van der Waals surface area contributed by atoms with Crippen LogP contribution in [0.4, 0.5) is 0 Å². The van der Waals surface area contributed by atoms with Gasteiger partial charge >= 0.3 is 0 Å². The summed E-state index contributed by atoms with van der Waals surface area (Å²) in [6, 6.07) is 6.29. The molecule has 2 aromatic rings. The van der Waals surface area contributed by atoms with Crippen LogP contribution in [0.5, 0.6) is 0 Å². The van der Waals surface area contributed by atoms with Crippen LogP contribution in [0.25, 0.3) is 5.69 Å². The quantitative estimate of drug-likeness (QED) is 0.817. The largest absolute Gasteiger partial charge is 0.284 e. The number of aromatic nitrogens is 4. The van der Waals surface area contributed by atoms with Crippen LogP contribution in [-0.2, 0) is 6.67 Å². The Hall–Kier alpha value is -1.53. The Bertz CT molecular complexity index is 682. The van der Waals surface area contributed by atoms with E-state index in [4.69, 9.17) is 12.2 Å². The number of hydrogen-bond donors (Lipinski definition) is 0. The summed E-state index contributed by atoms with van der Waals surface area (Å²) in [5, 5.41) is 8.49. The molecule has 1 aliphatic heterocycles. The molecule has 0 N–H and O–H groups in total. The Morgan fingerprint density at radius 1 is 1.10 bits per heavy atom. The topological polar surface area (TPSA) is 38.9 Å². The predicted octanol–water partition coefficient (Wildman–Crippen LogP) is 2.86. The zero-order valence-corrected chi connectivity index (χ0v) is 13.4. The van der Waals surface area contributed by atoms with Gasteiger partial charge in [-0.1, -0.05) is 18.6 Å². The minimum atomic E-state index is 0.661. The van der Waals surface area contributed by atoms with E-state index in [-0.39, 0.29) is 0 Å². The zero-order valence-electron chi connectivity index (χ0n) is 12.6. The van der Waals surface area contributed by atoms with Crippen molar-refractivity contribution in [1.29, 1.82) is 0 Å². The first-order chi connectivity index (χ1) is 10.1. The van der Waals surface area contributed by atoms with E-state index in [0.717, 1.165) is 31.0 Å². The summed E-state index contributed by atoms with van der Waals surface area (Å²) in [6.07, 6.45) is 3.86. The Balaban J connectivity index is 1.88. The van der Waals surface area contributed by atoms with Crippen LogP contribution in [0.15, 0.2) is 18.2 Å².